The summed E-state index contributed by atoms with van der Waals surface area (Å²) in [4.78, 5) is 35.7. The fourth-order valence-corrected chi connectivity index (χ4v) is 3.48. The van der Waals surface area contributed by atoms with Crippen LogP contribution in [0.4, 0.5) is 5.69 Å². The third-order valence-corrected chi connectivity index (χ3v) is 5.33. The van der Waals surface area contributed by atoms with Gasteiger partial charge in [0.1, 0.15) is 18.4 Å². The maximum absolute atomic E-state index is 12.9. The van der Waals surface area contributed by atoms with Crippen LogP contribution in [-0.2, 0) is 4.79 Å². The van der Waals surface area contributed by atoms with Crippen LogP contribution in [0.25, 0.3) is 11.3 Å². The number of hydrogen-bond donors (Lipinski definition) is 1. The third-order valence-electron chi connectivity index (χ3n) is 5.08. The van der Waals surface area contributed by atoms with E-state index in [-0.39, 0.29) is 18.3 Å². The van der Waals surface area contributed by atoms with E-state index < -0.39 is 11.9 Å². The summed E-state index contributed by atoms with van der Waals surface area (Å²) in [6.45, 7) is 1.75. The van der Waals surface area contributed by atoms with Gasteiger partial charge in [0.2, 0.25) is 5.82 Å². The molecule has 2 amide bonds. The van der Waals surface area contributed by atoms with E-state index in [2.05, 4.69) is 15.3 Å². The van der Waals surface area contributed by atoms with Crippen LogP contribution in [0.15, 0.2) is 48.7 Å². The minimum atomic E-state index is -0.950. The number of likely N-dealkylation sites (N-methyl/N-ethyl adjacent to an activating group) is 1. The van der Waals surface area contributed by atoms with Crippen molar-refractivity contribution < 1.29 is 14.3 Å². The third kappa shape index (κ3) is 4.11. The normalized spacial score (nSPS) is 15.2. The van der Waals surface area contributed by atoms with Crippen LogP contribution < -0.4 is 15.0 Å². The first kappa shape index (κ1) is 21.3. The fraction of sp³-hybridized carbons (Fsp3) is 0.174. The summed E-state index contributed by atoms with van der Waals surface area (Å²) in [6.07, 6.45) is 1.56. The van der Waals surface area contributed by atoms with Gasteiger partial charge in [-0.15, -0.1) is 0 Å². The highest BCUT2D eigenvalue weighted by Gasteiger charge is 2.31. The van der Waals surface area contributed by atoms with E-state index in [0.717, 1.165) is 11.1 Å². The Morgan fingerprint density at radius 1 is 1.28 bits per heavy atom. The number of nitrogens with one attached hydrogen (secondary N) is 1. The molecule has 2 aromatic carbocycles. The molecule has 4 rings (SSSR count). The number of anilines is 1. The summed E-state index contributed by atoms with van der Waals surface area (Å²) in [7, 11) is 1.59. The second-order valence-electron chi connectivity index (χ2n) is 7.26. The summed E-state index contributed by atoms with van der Waals surface area (Å²) < 4.78 is 5.72. The molecule has 0 fully saturated rings. The molecule has 1 N–H and O–H groups in total. The lowest BCUT2D eigenvalue weighted by atomic mass is 10.1. The van der Waals surface area contributed by atoms with Crippen molar-refractivity contribution in [1.82, 2.24) is 15.3 Å². The second kappa shape index (κ2) is 8.65. The predicted octanol–water partition coefficient (Wildman–Crippen LogP) is 3.13. The molecule has 1 aromatic heterocycles. The summed E-state index contributed by atoms with van der Waals surface area (Å²) in [5, 5.41) is 12.4. The van der Waals surface area contributed by atoms with Gasteiger partial charge in [-0.25, -0.2) is 9.97 Å². The molecular formula is C23H18ClN5O3. The standard InChI is InChI=1S/C23H18ClN5O3/c1-13-11-26-21(28-20(13)15-4-6-16(24)7-5-15)22(30)27-17-12-32-19-9-14(10-25)3-8-18(19)29(2)23(17)31/h3-9,11,17H,12H2,1-2H3,(H,27,30)/t17-/m0/s1. The lowest BCUT2D eigenvalue weighted by Crippen LogP contribution is -2.49. The van der Waals surface area contributed by atoms with E-state index in [9.17, 15) is 9.59 Å². The van der Waals surface area contributed by atoms with Crippen molar-refractivity contribution in [2.75, 3.05) is 18.6 Å². The van der Waals surface area contributed by atoms with Crippen LogP contribution in [0.1, 0.15) is 21.7 Å². The van der Waals surface area contributed by atoms with Crippen molar-refractivity contribution in [3.8, 4) is 23.1 Å². The SMILES string of the molecule is Cc1cnc(C(=O)N[C@H]2COc3cc(C#N)ccc3N(C)C2=O)nc1-c1ccc(Cl)cc1. The van der Waals surface area contributed by atoms with E-state index in [4.69, 9.17) is 21.6 Å². The molecular weight excluding hydrogens is 430 g/mol. The molecule has 1 aliphatic rings. The largest absolute Gasteiger partial charge is 0.489 e. The minimum absolute atomic E-state index is 0.0652. The number of fused-ring (bicyclic) bond motifs is 1. The Kier molecular flexibility index (Phi) is 5.75. The molecule has 9 heteroatoms. The summed E-state index contributed by atoms with van der Waals surface area (Å²) in [5.74, 6) is -0.621. The van der Waals surface area contributed by atoms with Crippen LogP contribution in [0.2, 0.25) is 5.02 Å². The van der Waals surface area contributed by atoms with E-state index in [1.54, 1.807) is 43.6 Å². The quantitative estimate of drug-likeness (QED) is 0.660. The highest BCUT2D eigenvalue weighted by Crippen LogP contribution is 2.31. The molecule has 32 heavy (non-hydrogen) atoms. The predicted molar refractivity (Wildman–Crippen MR) is 119 cm³/mol. The Morgan fingerprint density at radius 3 is 2.75 bits per heavy atom. The van der Waals surface area contributed by atoms with Gasteiger partial charge < -0.3 is 15.0 Å². The number of aromatic nitrogens is 2. The van der Waals surface area contributed by atoms with E-state index in [1.165, 1.54) is 4.90 Å². The number of hydrogen-bond acceptors (Lipinski definition) is 6. The first-order valence-corrected chi connectivity index (χ1v) is 10.1. The molecule has 160 valence electrons. The Labute approximate surface area is 189 Å². The molecule has 3 aromatic rings. The number of amides is 2. The zero-order valence-electron chi connectivity index (χ0n) is 17.3. The zero-order valence-corrected chi connectivity index (χ0v) is 18.1. The van der Waals surface area contributed by atoms with Gasteiger partial charge in [0.05, 0.1) is 23.0 Å². The molecule has 0 saturated heterocycles. The van der Waals surface area contributed by atoms with Gasteiger partial charge in [0.25, 0.3) is 11.8 Å². The van der Waals surface area contributed by atoms with Crippen molar-refractivity contribution in [3.05, 3.63) is 70.6 Å². The number of carbonyl (C=O) groups is 2. The van der Waals surface area contributed by atoms with Gasteiger partial charge in [0.15, 0.2) is 0 Å². The molecule has 0 radical (unpaired) electrons. The monoisotopic (exact) mass is 447 g/mol. The first-order valence-electron chi connectivity index (χ1n) is 9.72. The van der Waals surface area contributed by atoms with E-state index >= 15 is 0 Å². The Bertz CT molecular complexity index is 1250. The lowest BCUT2D eigenvalue weighted by molar-refractivity contribution is -0.120. The molecule has 2 heterocycles. The Balaban J connectivity index is 1.56. The Hall–Kier alpha value is -3.96. The average molecular weight is 448 g/mol. The second-order valence-corrected chi connectivity index (χ2v) is 7.70. The zero-order chi connectivity index (χ0) is 22.8. The lowest BCUT2D eigenvalue weighted by Gasteiger charge is -2.20. The van der Waals surface area contributed by atoms with Gasteiger partial charge in [-0.05, 0) is 36.8 Å². The molecule has 0 saturated carbocycles. The average Bonchev–Trinajstić information content (AvgIpc) is 2.91. The maximum atomic E-state index is 12.9. The van der Waals surface area contributed by atoms with E-state index in [0.29, 0.717) is 27.7 Å². The van der Waals surface area contributed by atoms with Crippen molar-refractivity contribution in [2.45, 2.75) is 13.0 Å². The van der Waals surface area contributed by atoms with Crippen molar-refractivity contribution in [3.63, 3.8) is 0 Å². The maximum Gasteiger partial charge on any atom is 0.289 e. The fourth-order valence-electron chi connectivity index (χ4n) is 3.35. The molecule has 8 nitrogen and oxygen atoms in total. The van der Waals surface area contributed by atoms with Crippen LogP contribution in [0.3, 0.4) is 0 Å². The topological polar surface area (TPSA) is 108 Å². The van der Waals surface area contributed by atoms with Crippen molar-refractivity contribution in [1.29, 1.82) is 5.26 Å². The van der Waals surface area contributed by atoms with Crippen molar-refractivity contribution in [2.24, 2.45) is 0 Å². The molecule has 1 aliphatic heterocycles. The summed E-state index contributed by atoms with van der Waals surface area (Å²) in [6, 6.07) is 13.0. The molecule has 0 aliphatic carbocycles. The number of halogens is 1. The van der Waals surface area contributed by atoms with Crippen molar-refractivity contribution >= 4 is 29.1 Å². The van der Waals surface area contributed by atoms with Crippen LogP contribution in [0, 0.1) is 18.3 Å². The van der Waals surface area contributed by atoms with Gasteiger partial charge in [0, 0.05) is 29.9 Å². The van der Waals surface area contributed by atoms with Gasteiger partial charge >= 0.3 is 0 Å². The van der Waals surface area contributed by atoms with Crippen LogP contribution >= 0.6 is 11.6 Å². The smallest absolute Gasteiger partial charge is 0.289 e. The molecule has 0 unspecified atom stereocenters. The molecule has 0 bridgehead atoms. The number of rotatable bonds is 3. The number of carbonyl (C=O) groups excluding carboxylic acids is 2. The summed E-state index contributed by atoms with van der Waals surface area (Å²) in [5.41, 5.74) is 3.11. The molecule has 0 spiro atoms. The minimum Gasteiger partial charge on any atom is -0.489 e. The van der Waals surface area contributed by atoms with Crippen LogP contribution in [0.5, 0.6) is 5.75 Å². The van der Waals surface area contributed by atoms with Gasteiger partial charge in [-0.3, -0.25) is 9.59 Å². The summed E-state index contributed by atoms with van der Waals surface area (Å²) >= 11 is 5.96. The van der Waals surface area contributed by atoms with Gasteiger partial charge in [-0.1, -0.05) is 23.7 Å². The highest BCUT2D eigenvalue weighted by molar-refractivity contribution is 6.30. The van der Waals surface area contributed by atoms with E-state index in [1.807, 2.05) is 25.1 Å². The first-order chi connectivity index (χ1) is 15.4. The number of ether oxygens (including phenoxy) is 1. The Morgan fingerprint density at radius 2 is 2.03 bits per heavy atom. The van der Waals surface area contributed by atoms with Gasteiger partial charge in [-0.2, -0.15) is 5.26 Å². The number of benzene rings is 2. The van der Waals surface area contributed by atoms with Crippen LogP contribution in [-0.4, -0.2) is 41.5 Å². The molecule has 1 atom stereocenters. The number of aryl methyl sites for hydroxylation is 1. The highest BCUT2D eigenvalue weighted by atomic mass is 35.5. The number of nitriles is 1. The number of nitrogens with zero attached hydrogens (tertiary/aromatic N) is 4.